The third-order valence-electron chi connectivity index (χ3n) is 4.05. The minimum Gasteiger partial charge on any atom is -0.355 e. The minimum absolute atomic E-state index is 0.0611. The smallest absolute Gasteiger partial charge is 0.230 e. The van der Waals surface area contributed by atoms with Crippen LogP contribution in [0.2, 0.25) is 0 Å². The van der Waals surface area contributed by atoms with Gasteiger partial charge in [0.25, 0.3) is 0 Å². The van der Waals surface area contributed by atoms with E-state index in [1.807, 2.05) is 41.8 Å². The number of rotatable bonds is 8. The van der Waals surface area contributed by atoms with E-state index >= 15 is 0 Å². The largest absolute Gasteiger partial charge is 0.355 e. The Labute approximate surface area is 162 Å². The molecular formula is C20H21FN4OS. The Kier molecular flexibility index (Phi) is 6.59. The average Bonchev–Trinajstić information content (AvgIpc) is 3.11. The predicted molar refractivity (Wildman–Crippen MR) is 105 cm³/mol. The van der Waals surface area contributed by atoms with Crippen LogP contribution in [-0.2, 0) is 17.8 Å². The monoisotopic (exact) mass is 384 g/mol. The van der Waals surface area contributed by atoms with Gasteiger partial charge in [-0.1, -0.05) is 54.2 Å². The maximum absolute atomic E-state index is 12.9. The first kappa shape index (κ1) is 19.1. The van der Waals surface area contributed by atoms with E-state index in [4.69, 9.17) is 0 Å². The third-order valence-corrected chi connectivity index (χ3v) is 5.01. The van der Waals surface area contributed by atoms with Crippen LogP contribution in [0.25, 0.3) is 11.4 Å². The van der Waals surface area contributed by atoms with Crippen LogP contribution in [-0.4, -0.2) is 33.0 Å². The highest BCUT2D eigenvalue weighted by molar-refractivity contribution is 7.99. The van der Waals surface area contributed by atoms with Crippen LogP contribution in [0.5, 0.6) is 0 Å². The summed E-state index contributed by atoms with van der Waals surface area (Å²) in [6.07, 6.45) is 0.667. The molecule has 1 amide bonds. The van der Waals surface area contributed by atoms with Crippen LogP contribution >= 0.6 is 11.8 Å². The Balaban J connectivity index is 1.51. The zero-order chi connectivity index (χ0) is 19.1. The molecule has 1 heterocycles. The number of aromatic nitrogens is 3. The van der Waals surface area contributed by atoms with Crippen molar-refractivity contribution in [3.05, 3.63) is 66.0 Å². The van der Waals surface area contributed by atoms with Gasteiger partial charge in [-0.05, 0) is 31.0 Å². The van der Waals surface area contributed by atoms with E-state index in [2.05, 4.69) is 15.5 Å². The second kappa shape index (κ2) is 9.32. The van der Waals surface area contributed by atoms with E-state index in [-0.39, 0.29) is 17.5 Å². The Hall–Kier alpha value is -2.67. The van der Waals surface area contributed by atoms with Crippen molar-refractivity contribution in [3.63, 3.8) is 0 Å². The van der Waals surface area contributed by atoms with Crippen molar-refractivity contribution in [1.29, 1.82) is 0 Å². The highest BCUT2D eigenvalue weighted by atomic mass is 32.2. The zero-order valence-corrected chi connectivity index (χ0v) is 15.9. The first-order valence-corrected chi connectivity index (χ1v) is 9.78. The summed E-state index contributed by atoms with van der Waals surface area (Å²) in [5.41, 5.74) is 1.99. The van der Waals surface area contributed by atoms with Gasteiger partial charge in [-0.25, -0.2) is 4.39 Å². The van der Waals surface area contributed by atoms with Gasteiger partial charge in [0, 0.05) is 18.7 Å². The standard InChI is InChI=1S/C20H21FN4OS/c1-2-25-19(16-6-4-3-5-7-16)23-24-20(25)27-14-18(26)22-13-12-15-8-10-17(21)11-9-15/h3-11H,2,12-14H2,1H3,(H,22,26). The number of nitrogens with zero attached hydrogens (tertiary/aromatic N) is 3. The molecule has 0 aliphatic carbocycles. The second-order valence-electron chi connectivity index (χ2n) is 5.93. The van der Waals surface area contributed by atoms with E-state index in [1.54, 1.807) is 12.1 Å². The van der Waals surface area contributed by atoms with E-state index in [0.29, 0.717) is 13.0 Å². The van der Waals surface area contributed by atoms with Crippen molar-refractivity contribution in [3.8, 4) is 11.4 Å². The van der Waals surface area contributed by atoms with Crippen molar-refractivity contribution in [2.45, 2.75) is 25.0 Å². The third kappa shape index (κ3) is 5.17. The van der Waals surface area contributed by atoms with E-state index in [1.165, 1.54) is 23.9 Å². The van der Waals surface area contributed by atoms with Crippen molar-refractivity contribution >= 4 is 17.7 Å². The molecule has 0 fully saturated rings. The summed E-state index contributed by atoms with van der Waals surface area (Å²) in [6.45, 7) is 3.27. The molecule has 0 aliphatic heterocycles. The van der Waals surface area contributed by atoms with Crippen molar-refractivity contribution in [1.82, 2.24) is 20.1 Å². The van der Waals surface area contributed by atoms with Gasteiger partial charge in [-0.2, -0.15) is 0 Å². The number of benzene rings is 2. The first-order valence-electron chi connectivity index (χ1n) is 8.80. The van der Waals surface area contributed by atoms with Gasteiger partial charge in [0.2, 0.25) is 5.91 Å². The van der Waals surface area contributed by atoms with Crippen LogP contribution in [0.4, 0.5) is 4.39 Å². The Morgan fingerprint density at radius 2 is 1.85 bits per heavy atom. The van der Waals surface area contributed by atoms with Crippen LogP contribution in [0.15, 0.2) is 59.8 Å². The molecule has 0 aliphatic rings. The van der Waals surface area contributed by atoms with Crippen molar-refractivity contribution in [2.75, 3.05) is 12.3 Å². The lowest BCUT2D eigenvalue weighted by molar-refractivity contribution is -0.118. The molecule has 0 spiro atoms. The van der Waals surface area contributed by atoms with Gasteiger partial charge in [-0.3, -0.25) is 4.79 Å². The lowest BCUT2D eigenvalue weighted by Gasteiger charge is -2.08. The summed E-state index contributed by atoms with van der Waals surface area (Å²) in [5.74, 6) is 0.761. The molecule has 0 saturated heterocycles. The topological polar surface area (TPSA) is 59.8 Å². The molecule has 3 aromatic rings. The number of halogens is 1. The fraction of sp³-hybridized carbons (Fsp3) is 0.250. The number of hydrogen-bond acceptors (Lipinski definition) is 4. The van der Waals surface area contributed by atoms with Crippen molar-refractivity contribution in [2.24, 2.45) is 0 Å². The van der Waals surface area contributed by atoms with E-state index in [0.717, 1.165) is 28.7 Å². The highest BCUT2D eigenvalue weighted by Gasteiger charge is 2.14. The molecular weight excluding hydrogens is 363 g/mol. The number of hydrogen-bond donors (Lipinski definition) is 1. The fourth-order valence-electron chi connectivity index (χ4n) is 2.66. The summed E-state index contributed by atoms with van der Waals surface area (Å²) in [7, 11) is 0. The molecule has 5 nitrogen and oxygen atoms in total. The fourth-order valence-corrected chi connectivity index (χ4v) is 3.49. The van der Waals surface area contributed by atoms with Crippen molar-refractivity contribution < 1.29 is 9.18 Å². The summed E-state index contributed by atoms with van der Waals surface area (Å²) in [5, 5.41) is 12.1. The van der Waals surface area contributed by atoms with Crippen LogP contribution in [0.3, 0.4) is 0 Å². The lowest BCUT2D eigenvalue weighted by atomic mass is 10.1. The molecule has 27 heavy (non-hydrogen) atoms. The number of amides is 1. The van der Waals surface area contributed by atoms with E-state index < -0.39 is 0 Å². The Morgan fingerprint density at radius 1 is 1.11 bits per heavy atom. The van der Waals surface area contributed by atoms with Gasteiger partial charge in [0.05, 0.1) is 5.75 Å². The second-order valence-corrected chi connectivity index (χ2v) is 6.87. The van der Waals surface area contributed by atoms with E-state index in [9.17, 15) is 9.18 Å². The highest BCUT2D eigenvalue weighted by Crippen LogP contribution is 2.23. The molecule has 0 saturated carbocycles. The Morgan fingerprint density at radius 3 is 2.56 bits per heavy atom. The summed E-state index contributed by atoms with van der Waals surface area (Å²) in [6, 6.07) is 16.2. The maximum atomic E-state index is 12.9. The summed E-state index contributed by atoms with van der Waals surface area (Å²) in [4.78, 5) is 12.1. The lowest BCUT2D eigenvalue weighted by Crippen LogP contribution is -2.27. The molecule has 2 aromatic carbocycles. The summed E-state index contributed by atoms with van der Waals surface area (Å²) < 4.78 is 14.9. The Bertz CT molecular complexity index is 881. The first-order chi connectivity index (χ1) is 13.2. The zero-order valence-electron chi connectivity index (χ0n) is 15.1. The van der Waals surface area contributed by atoms with Crippen LogP contribution in [0, 0.1) is 5.82 Å². The molecule has 1 N–H and O–H groups in total. The van der Waals surface area contributed by atoms with Crippen LogP contribution in [0.1, 0.15) is 12.5 Å². The normalized spacial score (nSPS) is 10.7. The molecule has 0 unspecified atom stereocenters. The number of thioether (sulfide) groups is 1. The average molecular weight is 384 g/mol. The molecule has 0 bridgehead atoms. The van der Waals surface area contributed by atoms with Gasteiger partial charge >= 0.3 is 0 Å². The number of nitrogens with one attached hydrogen (secondary N) is 1. The molecule has 1 aromatic heterocycles. The molecule has 0 radical (unpaired) electrons. The quantitative estimate of drug-likeness (QED) is 0.604. The van der Waals surface area contributed by atoms with Gasteiger partial charge in [0.1, 0.15) is 5.82 Å². The number of carbonyl (C=O) groups is 1. The number of carbonyl (C=O) groups excluding carboxylic acids is 1. The summed E-state index contributed by atoms with van der Waals surface area (Å²) >= 11 is 1.37. The van der Waals surface area contributed by atoms with Gasteiger partial charge in [-0.15, -0.1) is 10.2 Å². The SMILES string of the molecule is CCn1c(SCC(=O)NCCc2ccc(F)cc2)nnc1-c1ccccc1. The minimum atomic E-state index is -0.255. The molecule has 3 rings (SSSR count). The molecule has 0 atom stereocenters. The van der Waals surface area contributed by atoms with Crippen LogP contribution < -0.4 is 5.32 Å². The predicted octanol–water partition coefficient (Wildman–Crippen LogP) is 3.56. The molecule has 140 valence electrons. The molecule has 7 heteroatoms. The maximum Gasteiger partial charge on any atom is 0.230 e. The van der Waals surface area contributed by atoms with Gasteiger partial charge < -0.3 is 9.88 Å². The van der Waals surface area contributed by atoms with Gasteiger partial charge in [0.15, 0.2) is 11.0 Å².